The maximum Gasteiger partial charge on any atom is 0.259 e. The van der Waals surface area contributed by atoms with Crippen LogP contribution >= 0.6 is 31.9 Å². The second-order valence-corrected chi connectivity index (χ2v) is 5.64. The van der Waals surface area contributed by atoms with Gasteiger partial charge in [0, 0.05) is 10.7 Å². The van der Waals surface area contributed by atoms with Crippen LogP contribution in [0.5, 0.6) is 0 Å². The number of pyridine rings is 1. The average molecular weight is 388 g/mol. The summed E-state index contributed by atoms with van der Waals surface area (Å²) in [6, 6.07) is 6.38. The number of anilines is 1. The first-order chi connectivity index (χ1) is 8.99. The number of nitrogens with zero attached hydrogens (tertiary/aromatic N) is 1. The summed E-state index contributed by atoms with van der Waals surface area (Å²) in [6.45, 7) is 1.81. The highest BCUT2D eigenvalue weighted by atomic mass is 79.9. The van der Waals surface area contributed by atoms with E-state index >= 15 is 0 Å². The minimum atomic E-state index is -0.588. The number of aryl methyl sites for hydroxylation is 1. The molecular formula is C13H9Br2FN2O. The summed E-state index contributed by atoms with van der Waals surface area (Å²) in [4.78, 5) is 16.1. The predicted molar refractivity (Wildman–Crippen MR) is 78.7 cm³/mol. The topological polar surface area (TPSA) is 42.0 Å². The van der Waals surface area contributed by atoms with Crippen LogP contribution in [-0.4, -0.2) is 10.9 Å². The molecule has 0 radical (unpaired) electrons. The van der Waals surface area contributed by atoms with E-state index in [0.717, 1.165) is 10.0 Å². The molecule has 19 heavy (non-hydrogen) atoms. The summed E-state index contributed by atoms with van der Waals surface area (Å²) < 4.78 is 14.9. The van der Waals surface area contributed by atoms with E-state index in [1.54, 1.807) is 12.3 Å². The van der Waals surface area contributed by atoms with Crippen LogP contribution in [0.15, 0.2) is 39.4 Å². The monoisotopic (exact) mass is 386 g/mol. The summed E-state index contributed by atoms with van der Waals surface area (Å²) in [5, 5.41) is 2.59. The molecule has 98 valence electrons. The molecule has 0 atom stereocenters. The second-order valence-electron chi connectivity index (χ2n) is 3.87. The summed E-state index contributed by atoms with van der Waals surface area (Å²) in [6.07, 6.45) is 1.57. The van der Waals surface area contributed by atoms with E-state index in [0.29, 0.717) is 5.82 Å². The van der Waals surface area contributed by atoms with Gasteiger partial charge in [0.25, 0.3) is 5.91 Å². The number of nitrogens with one attached hydrogen (secondary N) is 1. The number of hydrogen-bond acceptors (Lipinski definition) is 2. The average Bonchev–Trinajstić information content (AvgIpc) is 2.36. The van der Waals surface area contributed by atoms with E-state index in [1.807, 2.05) is 13.0 Å². The third-order valence-corrected chi connectivity index (χ3v) is 3.52. The van der Waals surface area contributed by atoms with Crippen molar-refractivity contribution in [3.63, 3.8) is 0 Å². The fourth-order valence-electron chi connectivity index (χ4n) is 1.53. The maximum atomic E-state index is 13.8. The van der Waals surface area contributed by atoms with Gasteiger partial charge in [-0.1, -0.05) is 6.07 Å². The quantitative estimate of drug-likeness (QED) is 0.834. The van der Waals surface area contributed by atoms with E-state index in [2.05, 4.69) is 42.2 Å². The van der Waals surface area contributed by atoms with Crippen molar-refractivity contribution in [2.24, 2.45) is 0 Å². The number of carbonyl (C=O) groups is 1. The number of aromatic nitrogens is 1. The summed E-state index contributed by atoms with van der Waals surface area (Å²) in [5.74, 6) is -0.709. The van der Waals surface area contributed by atoms with Gasteiger partial charge < -0.3 is 5.32 Å². The number of hydrogen-bond donors (Lipinski definition) is 1. The molecule has 1 N–H and O–H groups in total. The molecule has 1 aromatic heterocycles. The molecular weight excluding hydrogens is 379 g/mol. The highest BCUT2D eigenvalue weighted by Crippen LogP contribution is 2.21. The van der Waals surface area contributed by atoms with E-state index in [1.165, 1.54) is 12.1 Å². The number of rotatable bonds is 2. The van der Waals surface area contributed by atoms with Crippen LogP contribution < -0.4 is 5.32 Å². The van der Waals surface area contributed by atoms with Gasteiger partial charge in [-0.25, -0.2) is 9.37 Å². The molecule has 0 unspecified atom stereocenters. The standard InChI is InChI=1S/C13H9Br2FN2O/c1-7-5-8(14)6-17-12(7)18-13(19)9-3-2-4-10(15)11(9)16/h2-6H,1H3,(H,17,18,19). The Labute approximate surface area is 126 Å². The zero-order valence-electron chi connectivity index (χ0n) is 9.88. The van der Waals surface area contributed by atoms with Crippen LogP contribution in [0.3, 0.4) is 0 Å². The Morgan fingerprint density at radius 1 is 1.37 bits per heavy atom. The third-order valence-electron chi connectivity index (χ3n) is 2.47. The molecule has 0 saturated carbocycles. The van der Waals surface area contributed by atoms with Gasteiger partial charge in [-0.3, -0.25) is 4.79 Å². The van der Waals surface area contributed by atoms with Gasteiger partial charge in [0.1, 0.15) is 11.6 Å². The summed E-state index contributed by atoms with van der Waals surface area (Å²) in [5.41, 5.74) is 0.761. The number of halogens is 3. The van der Waals surface area contributed by atoms with E-state index < -0.39 is 11.7 Å². The first-order valence-corrected chi connectivity index (χ1v) is 6.95. The molecule has 3 nitrogen and oxygen atoms in total. The number of carbonyl (C=O) groups excluding carboxylic acids is 1. The highest BCUT2D eigenvalue weighted by molar-refractivity contribution is 9.10. The van der Waals surface area contributed by atoms with E-state index in [9.17, 15) is 9.18 Å². The molecule has 2 rings (SSSR count). The van der Waals surface area contributed by atoms with Crippen LogP contribution in [0.25, 0.3) is 0 Å². The van der Waals surface area contributed by atoms with Crippen LogP contribution in [0, 0.1) is 12.7 Å². The number of benzene rings is 1. The zero-order chi connectivity index (χ0) is 14.0. The van der Waals surface area contributed by atoms with Gasteiger partial charge in [-0.15, -0.1) is 0 Å². The Morgan fingerprint density at radius 3 is 2.79 bits per heavy atom. The van der Waals surface area contributed by atoms with Gasteiger partial charge in [0.15, 0.2) is 0 Å². The van der Waals surface area contributed by atoms with Crippen molar-refractivity contribution in [2.45, 2.75) is 6.92 Å². The van der Waals surface area contributed by atoms with Crippen molar-refractivity contribution in [2.75, 3.05) is 5.32 Å². The molecule has 0 fully saturated rings. The van der Waals surface area contributed by atoms with Crippen molar-refractivity contribution in [3.05, 3.63) is 56.4 Å². The van der Waals surface area contributed by atoms with Crippen LogP contribution in [0.2, 0.25) is 0 Å². The summed E-state index contributed by atoms with van der Waals surface area (Å²) in [7, 11) is 0. The van der Waals surface area contributed by atoms with Crippen LogP contribution in [0.4, 0.5) is 10.2 Å². The molecule has 0 saturated heterocycles. The van der Waals surface area contributed by atoms with Gasteiger partial charge in [-0.2, -0.15) is 0 Å². The minimum absolute atomic E-state index is 0.0292. The minimum Gasteiger partial charge on any atom is -0.306 e. The predicted octanol–water partition coefficient (Wildman–Crippen LogP) is 4.31. The Bertz CT molecular complexity index is 647. The molecule has 0 aliphatic heterocycles. The number of amides is 1. The second kappa shape index (κ2) is 5.79. The van der Waals surface area contributed by atoms with Crippen LogP contribution in [-0.2, 0) is 0 Å². The normalized spacial score (nSPS) is 10.3. The van der Waals surface area contributed by atoms with Gasteiger partial charge in [0.2, 0.25) is 0 Å². The Hall–Kier alpha value is -1.27. The van der Waals surface area contributed by atoms with Crippen LogP contribution in [0.1, 0.15) is 15.9 Å². The lowest BCUT2D eigenvalue weighted by molar-refractivity contribution is 0.102. The summed E-state index contributed by atoms with van der Waals surface area (Å²) >= 11 is 6.33. The maximum absolute atomic E-state index is 13.8. The van der Waals surface area contributed by atoms with Gasteiger partial charge >= 0.3 is 0 Å². The highest BCUT2D eigenvalue weighted by Gasteiger charge is 2.15. The van der Waals surface area contributed by atoms with Crippen molar-refractivity contribution in [1.82, 2.24) is 4.98 Å². The Kier molecular flexibility index (Phi) is 4.31. The van der Waals surface area contributed by atoms with Crippen molar-refractivity contribution < 1.29 is 9.18 Å². The molecule has 0 spiro atoms. The fraction of sp³-hybridized carbons (Fsp3) is 0.0769. The Balaban J connectivity index is 2.28. The molecule has 0 aliphatic rings. The van der Waals surface area contributed by atoms with E-state index in [-0.39, 0.29) is 10.0 Å². The SMILES string of the molecule is Cc1cc(Br)cnc1NC(=O)c1cccc(Br)c1F. The van der Waals surface area contributed by atoms with Crippen molar-refractivity contribution in [3.8, 4) is 0 Å². The first-order valence-electron chi connectivity index (χ1n) is 5.36. The largest absolute Gasteiger partial charge is 0.306 e. The zero-order valence-corrected chi connectivity index (χ0v) is 13.0. The smallest absolute Gasteiger partial charge is 0.259 e. The molecule has 6 heteroatoms. The fourth-order valence-corrected chi connectivity index (χ4v) is 2.34. The molecule has 2 aromatic rings. The van der Waals surface area contributed by atoms with Crippen molar-refractivity contribution >= 4 is 43.6 Å². The lowest BCUT2D eigenvalue weighted by atomic mass is 10.2. The van der Waals surface area contributed by atoms with Crippen molar-refractivity contribution in [1.29, 1.82) is 0 Å². The molecule has 1 amide bonds. The first kappa shape index (κ1) is 14.1. The molecule has 1 aromatic carbocycles. The van der Waals surface area contributed by atoms with Gasteiger partial charge in [-0.05, 0) is 62.5 Å². The lowest BCUT2D eigenvalue weighted by Crippen LogP contribution is -2.15. The molecule has 0 aliphatic carbocycles. The third kappa shape index (κ3) is 3.19. The van der Waals surface area contributed by atoms with E-state index in [4.69, 9.17) is 0 Å². The molecule has 0 bridgehead atoms. The Morgan fingerprint density at radius 2 is 2.11 bits per heavy atom. The lowest BCUT2D eigenvalue weighted by Gasteiger charge is -2.08. The molecule has 1 heterocycles. The van der Waals surface area contributed by atoms with Gasteiger partial charge in [0.05, 0.1) is 10.0 Å².